The second-order valence-electron chi connectivity index (χ2n) is 0.456. The third kappa shape index (κ3) is 23.3. The van der Waals surface area contributed by atoms with E-state index in [1.165, 1.54) is 0 Å². The van der Waals surface area contributed by atoms with E-state index >= 15 is 0 Å². The van der Waals surface area contributed by atoms with E-state index in [0.29, 0.717) is 0 Å². The third-order valence-corrected chi connectivity index (χ3v) is 0.101. The molecule has 0 saturated carbocycles. The summed E-state index contributed by atoms with van der Waals surface area (Å²) < 4.78 is 0. The van der Waals surface area contributed by atoms with Crippen LogP contribution in [0.1, 0.15) is 0 Å². The average molecular weight is 116 g/mol. The van der Waals surface area contributed by atoms with E-state index in [4.69, 9.17) is 14.7 Å². The Hall–Kier alpha value is 0.100. The van der Waals surface area contributed by atoms with Gasteiger partial charge in [0.15, 0.2) is 0 Å². The number of carboxylic acid groups (broad SMARTS) is 1. The maximum absolute atomic E-state index is 9.00. The van der Waals surface area contributed by atoms with Crippen molar-refractivity contribution in [2.75, 3.05) is 0 Å². The Morgan fingerprint density at radius 3 is 1.71 bits per heavy atom. The van der Waals surface area contributed by atoms with Crippen molar-refractivity contribution < 1.29 is 20.2 Å². The molecule has 0 aliphatic carbocycles. The van der Waals surface area contributed by atoms with E-state index in [1.54, 1.807) is 0 Å². The zero-order valence-electron chi connectivity index (χ0n) is 2.84. The molecule has 0 heterocycles. The zero-order chi connectivity index (χ0) is 4.28. The predicted octanol–water partition coefficient (Wildman–Crippen LogP) is -2.20. The Labute approximate surface area is 62.1 Å². The van der Waals surface area contributed by atoms with E-state index in [1.807, 2.05) is 0 Å². The molecule has 4 nitrogen and oxygen atoms in total. The van der Waals surface area contributed by atoms with Gasteiger partial charge in [0.25, 0.3) is 0 Å². The number of rotatable bonds is 1. The maximum atomic E-state index is 9.00. The van der Waals surface area contributed by atoms with Gasteiger partial charge in [-0.1, -0.05) is 0 Å². The van der Waals surface area contributed by atoms with Gasteiger partial charge in [-0.25, -0.2) is 4.79 Å². The number of carboxylic acids is 1. The molecule has 0 aromatic heterocycles. The van der Waals surface area contributed by atoms with Crippen LogP contribution < -0.4 is 0 Å². The number of hydrogen-bond donors (Lipinski definition) is 1. The summed E-state index contributed by atoms with van der Waals surface area (Å²) >= 11 is 0. The summed E-state index contributed by atoms with van der Waals surface area (Å²) in [5.74, 6) is -1.43. The third-order valence-electron chi connectivity index (χ3n) is 0.101. The van der Waals surface area contributed by atoms with Crippen LogP contribution >= 0.6 is 0 Å². The Bertz CT molecular complexity index is 60.7. The van der Waals surface area contributed by atoms with Gasteiger partial charge < -0.3 is 10.6 Å². The Balaban J connectivity index is -0.0000000800. The number of hydrogen-bond acceptors (Lipinski definition) is 2. The molecule has 0 bridgehead atoms. The Kier molecular flexibility index (Phi) is 21.2. The van der Waals surface area contributed by atoms with Crippen molar-refractivity contribution in [1.29, 1.82) is 0 Å². The summed E-state index contributed by atoms with van der Waals surface area (Å²) in [6.45, 7) is 0. The molecule has 0 aliphatic heterocycles. The fourth-order valence-corrected chi connectivity index (χ4v) is 0. The van der Waals surface area contributed by atoms with Crippen LogP contribution in [0.3, 0.4) is 0 Å². The van der Waals surface area contributed by atoms with Gasteiger partial charge in [-0.3, -0.25) is 4.79 Å². The summed E-state index contributed by atoms with van der Waals surface area (Å²) in [5, 5.41) is 7.35. The zero-order valence-corrected chi connectivity index (χ0v) is 2.84. The molecular formula is C2H5NaO4. The average Bonchev–Trinajstić information content (AvgIpc) is 1.38. The molecular weight excluding hydrogens is 111 g/mol. The molecule has 0 fully saturated rings. The first-order valence-electron chi connectivity index (χ1n) is 0.952. The summed E-state index contributed by atoms with van der Waals surface area (Å²) in [4.78, 5) is 17.9. The van der Waals surface area contributed by atoms with Crippen LogP contribution in [0.2, 0.25) is 0 Å². The normalized spacial score (nSPS) is 4.57. The molecule has 5 heteroatoms. The van der Waals surface area contributed by atoms with E-state index in [0.717, 1.165) is 0 Å². The topological polar surface area (TPSA) is 85.9 Å². The van der Waals surface area contributed by atoms with Crippen LogP contribution in [0.25, 0.3) is 0 Å². The molecule has 0 aromatic rings. The van der Waals surface area contributed by atoms with E-state index < -0.39 is 5.97 Å². The second kappa shape index (κ2) is 9.44. The minimum absolute atomic E-state index is 0. The van der Waals surface area contributed by atoms with Gasteiger partial charge in [0.1, 0.15) is 0 Å². The summed E-state index contributed by atoms with van der Waals surface area (Å²) in [7, 11) is 0. The van der Waals surface area contributed by atoms with Gasteiger partial charge in [-0.2, -0.15) is 0 Å². The molecule has 0 amide bonds. The minimum atomic E-state index is -1.43. The molecule has 0 spiro atoms. The van der Waals surface area contributed by atoms with Gasteiger partial charge in [-0.15, -0.1) is 0 Å². The Morgan fingerprint density at radius 2 is 1.71 bits per heavy atom. The van der Waals surface area contributed by atoms with E-state index in [-0.39, 0.29) is 41.3 Å². The number of aliphatic carboxylic acids is 1. The van der Waals surface area contributed by atoms with Crippen LogP contribution in [0.15, 0.2) is 0 Å². The number of carbonyl (C=O) groups excluding carboxylic acids is 1. The molecule has 0 saturated heterocycles. The molecule has 0 aliphatic rings. The molecule has 0 radical (unpaired) electrons. The van der Waals surface area contributed by atoms with Crippen molar-refractivity contribution in [2.45, 2.75) is 0 Å². The van der Waals surface area contributed by atoms with E-state index in [9.17, 15) is 0 Å². The van der Waals surface area contributed by atoms with Crippen molar-refractivity contribution in [2.24, 2.45) is 0 Å². The SMILES string of the molecule is O.O=CC(=O)O.[NaH]. The number of aldehydes is 1. The molecule has 0 rings (SSSR count). The molecule has 0 atom stereocenters. The van der Waals surface area contributed by atoms with Gasteiger partial charge in [0.2, 0.25) is 6.29 Å². The van der Waals surface area contributed by atoms with Gasteiger partial charge >= 0.3 is 35.5 Å². The summed E-state index contributed by atoms with van der Waals surface area (Å²) in [6, 6.07) is 0. The van der Waals surface area contributed by atoms with Crippen molar-refractivity contribution in [3.8, 4) is 0 Å². The molecule has 0 unspecified atom stereocenters. The number of carbonyl (C=O) groups is 2. The Morgan fingerprint density at radius 1 is 1.57 bits per heavy atom. The fourth-order valence-electron chi connectivity index (χ4n) is 0. The molecule has 38 valence electrons. The molecule has 0 aromatic carbocycles. The fraction of sp³-hybridized carbons (Fsp3) is 0. The van der Waals surface area contributed by atoms with Crippen molar-refractivity contribution in [3.05, 3.63) is 0 Å². The van der Waals surface area contributed by atoms with Gasteiger partial charge in [0.05, 0.1) is 0 Å². The van der Waals surface area contributed by atoms with Crippen LogP contribution in [-0.4, -0.2) is 52.4 Å². The quantitative estimate of drug-likeness (QED) is 0.239. The first-order chi connectivity index (χ1) is 2.27. The first-order valence-corrected chi connectivity index (χ1v) is 0.952. The molecule has 3 N–H and O–H groups in total. The summed E-state index contributed by atoms with van der Waals surface area (Å²) in [5.41, 5.74) is 0. The van der Waals surface area contributed by atoms with E-state index in [2.05, 4.69) is 0 Å². The van der Waals surface area contributed by atoms with Gasteiger partial charge in [0, 0.05) is 0 Å². The van der Waals surface area contributed by atoms with Gasteiger partial charge in [-0.05, 0) is 0 Å². The first kappa shape index (κ1) is 15.7. The summed E-state index contributed by atoms with van der Waals surface area (Å²) in [6.07, 6.45) is -0.167. The van der Waals surface area contributed by atoms with Crippen LogP contribution in [0, 0.1) is 0 Å². The van der Waals surface area contributed by atoms with Crippen molar-refractivity contribution >= 4 is 41.8 Å². The van der Waals surface area contributed by atoms with Crippen molar-refractivity contribution in [3.63, 3.8) is 0 Å². The van der Waals surface area contributed by atoms with Crippen molar-refractivity contribution in [1.82, 2.24) is 0 Å². The monoisotopic (exact) mass is 116 g/mol. The molecule has 7 heavy (non-hydrogen) atoms. The standard InChI is InChI=1S/C2H2O3.Na.H2O.H/c3-1-2(4)5;;;/h1H,(H,4,5);;1H2;. The predicted molar refractivity (Wildman–Crippen MR) is 24.5 cm³/mol. The van der Waals surface area contributed by atoms with Crippen LogP contribution in [-0.2, 0) is 9.59 Å². The van der Waals surface area contributed by atoms with Crippen LogP contribution in [0.5, 0.6) is 0 Å². The van der Waals surface area contributed by atoms with Crippen LogP contribution in [0.4, 0.5) is 0 Å². The second-order valence-corrected chi connectivity index (χ2v) is 0.456.